The zero-order valence-electron chi connectivity index (χ0n) is 9.04. The van der Waals surface area contributed by atoms with Crippen LogP contribution in [0.15, 0.2) is 0 Å². The number of carboxylic acids is 2. The van der Waals surface area contributed by atoms with Gasteiger partial charge in [0, 0.05) is 18.4 Å². The molecule has 0 bridgehead atoms. The smallest absolute Gasteiger partial charge is 0.327 e. The van der Waals surface area contributed by atoms with E-state index >= 15 is 0 Å². The second kappa shape index (κ2) is 7.51. The average molecular weight is 260 g/mol. The van der Waals surface area contributed by atoms with E-state index in [4.69, 9.17) is 15.5 Å². The summed E-state index contributed by atoms with van der Waals surface area (Å²) in [7, 11) is 0. The van der Waals surface area contributed by atoms with Gasteiger partial charge in [0.2, 0.25) is 5.91 Å². The molecule has 17 heavy (non-hydrogen) atoms. The van der Waals surface area contributed by atoms with Gasteiger partial charge >= 0.3 is 11.9 Å². The quantitative estimate of drug-likeness (QED) is 0.564. The number of hydrogen-bond acceptors (Lipinski definition) is 5. The molecule has 2 unspecified atom stereocenters. The first-order valence-electron chi connectivity index (χ1n) is 4.58. The van der Waals surface area contributed by atoms with Crippen LogP contribution in [0.25, 0.3) is 0 Å². The largest absolute Gasteiger partial charge is 0.480 e. The van der Waals surface area contributed by atoms with Crippen molar-refractivity contribution in [3.05, 3.63) is 0 Å². The third kappa shape index (κ3) is 6.42. The fourth-order valence-electron chi connectivity index (χ4n) is 0.888. The van der Waals surface area contributed by atoms with Crippen LogP contribution >= 0.6 is 11.8 Å². The van der Waals surface area contributed by atoms with Gasteiger partial charge in [0.1, 0.15) is 6.04 Å². The molecule has 8 heteroatoms. The molecule has 3 N–H and O–H groups in total. The van der Waals surface area contributed by atoms with Crippen molar-refractivity contribution in [3.63, 3.8) is 0 Å². The van der Waals surface area contributed by atoms with Crippen LogP contribution in [0, 0.1) is 17.2 Å². The second-order valence-electron chi connectivity index (χ2n) is 3.15. The molecular formula is C9H12N2O5S. The van der Waals surface area contributed by atoms with E-state index in [1.165, 1.54) is 6.92 Å². The summed E-state index contributed by atoms with van der Waals surface area (Å²) < 4.78 is 0. The Morgan fingerprint density at radius 3 is 2.24 bits per heavy atom. The number of nitrogens with one attached hydrogen (secondary N) is 1. The zero-order valence-corrected chi connectivity index (χ0v) is 9.86. The van der Waals surface area contributed by atoms with Crippen molar-refractivity contribution in [2.45, 2.75) is 13.0 Å². The van der Waals surface area contributed by atoms with Gasteiger partial charge in [-0.25, -0.2) is 4.79 Å². The van der Waals surface area contributed by atoms with Gasteiger partial charge in [0.25, 0.3) is 0 Å². The maximum absolute atomic E-state index is 10.7. The lowest BCUT2D eigenvalue weighted by atomic mass is 10.2. The Morgan fingerprint density at radius 2 is 1.88 bits per heavy atom. The minimum atomic E-state index is -1.24. The Morgan fingerprint density at radius 1 is 1.29 bits per heavy atom. The topological polar surface area (TPSA) is 127 Å². The van der Waals surface area contributed by atoms with Crippen molar-refractivity contribution in [3.8, 4) is 6.07 Å². The van der Waals surface area contributed by atoms with Gasteiger partial charge in [-0.05, 0) is 0 Å². The lowest BCUT2D eigenvalue weighted by molar-refractivity contribution is -0.140. The van der Waals surface area contributed by atoms with Gasteiger partial charge in [0.05, 0.1) is 6.07 Å². The van der Waals surface area contributed by atoms with Crippen LogP contribution in [0.1, 0.15) is 6.92 Å². The van der Waals surface area contributed by atoms with Crippen molar-refractivity contribution >= 4 is 29.6 Å². The Kier molecular flexibility index (Phi) is 6.74. The highest BCUT2D eigenvalue weighted by Crippen LogP contribution is 2.10. The number of carbonyl (C=O) groups excluding carboxylic acids is 1. The Hall–Kier alpha value is -1.75. The molecule has 0 saturated heterocycles. The van der Waals surface area contributed by atoms with E-state index in [-0.39, 0.29) is 11.5 Å². The van der Waals surface area contributed by atoms with Gasteiger partial charge in [-0.15, -0.1) is 0 Å². The molecule has 0 aliphatic carbocycles. The van der Waals surface area contributed by atoms with Gasteiger partial charge in [-0.2, -0.15) is 17.0 Å². The highest BCUT2D eigenvalue weighted by Gasteiger charge is 2.21. The summed E-state index contributed by atoms with van der Waals surface area (Å²) in [6, 6.07) is 0.512. The maximum atomic E-state index is 10.7. The number of carboxylic acid groups (broad SMARTS) is 2. The number of aliphatic carboxylic acids is 2. The molecule has 0 fully saturated rings. The summed E-state index contributed by atoms with van der Waals surface area (Å²) >= 11 is 0.994. The number of hydrogen-bond donors (Lipinski definition) is 3. The molecule has 2 atom stereocenters. The first kappa shape index (κ1) is 15.2. The Labute approximate surface area is 102 Å². The first-order chi connectivity index (χ1) is 7.88. The highest BCUT2D eigenvalue weighted by atomic mass is 32.2. The molecule has 0 aliphatic heterocycles. The molecule has 0 heterocycles. The molecular weight excluding hydrogens is 248 g/mol. The van der Waals surface area contributed by atoms with Crippen LogP contribution in [0.5, 0.6) is 0 Å². The van der Waals surface area contributed by atoms with E-state index in [0.717, 1.165) is 11.8 Å². The minimum Gasteiger partial charge on any atom is -0.480 e. The van der Waals surface area contributed by atoms with Crippen LogP contribution < -0.4 is 5.32 Å². The third-order valence-electron chi connectivity index (χ3n) is 1.70. The standard InChI is InChI=1S/C9H12N2O5S/c1-5(12)11-7(9(15)16)4-17-3-6(2-10)8(13)14/h6-7H,3-4H2,1H3,(H,11,12)(H,13,14)(H,15,16). The number of amides is 1. The SMILES string of the molecule is CC(=O)NC(CSCC(C#N)C(=O)O)C(=O)O. The summed E-state index contributed by atoms with van der Waals surface area (Å²) in [4.78, 5) is 31.9. The average Bonchev–Trinajstić information content (AvgIpc) is 2.21. The summed E-state index contributed by atoms with van der Waals surface area (Å²) in [5.74, 6) is -4.10. The lowest BCUT2D eigenvalue weighted by Crippen LogP contribution is -2.41. The normalized spacial score (nSPS) is 13.2. The lowest BCUT2D eigenvalue weighted by Gasteiger charge is -2.12. The minimum absolute atomic E-state index is 0.0143. The predicted octanol–water partition coefficient (Wildman–Crippen LogP) is -0.467. The summed E-state index contributed by atoms with van der Waals surface area (Å²) in [6.07, 6.45) is 0. The summed E-state index contributed by atoms with van der Waals surface area (Å²) in [5.41, 5.74) is 0. The fraction of sp³-hybridized carbons (Fsp3) is 0.556. The Balaban J connectivity index is 4.15. The molecule has 0 aromatic carbocycles. The van der Waals surface area contributed by atoms with E-state index in [9.17, 15) is 14.4 Å². The van der Waals surface area contributed by atoms with E-state index in [0.29, 0.717) is 0 Å². The van der Waals surface area contributed by atoms with Gasteiger partial charge in [0.15, 0.2) is 5.92 Å². The molecule has 0 rings (SSSR count). The van der Waals surface area contributed by atoms with Gasteiger partial charge in [-0.1, -0.05) is 0 Å². The van der Waals surface area contributed by atoms with Crippen molar-refractivity contribution in [2.24, 2.45) is 5.92 Å². The molecule has 0 aromatic heterocycles. The highest BCUT2D eigenvalue weighted by molar-refractivity contribution is 7.99. The third-order valence-corrected chi connectivity index (χ3v) is 2.84. The maximum Gasteiger partial charge on any atom is 0.327 e. The molecule has 0 aromatic rings. The fourth-order valence-corrected chi connectivity index (χ4v) is 1.94. The number of nitrogens with zero attached hydrogens (tertiary/aromatic N) is 1. The Bertz CT molecular complexity index is 352. The monoisotopic (exact) mass is 260 g/mol. The van der Waals surface area contributed by atoms with Crippen LogP contribution in [-0.2, 0) is 14.4 Å². The summed E-state index contributed by atoms with van der Waals surface area (Å²) in [5, 5.41) is 28.0. The first-order valence-corrected chi connectivity index (χ1v) is 5.74. The molecule has 0 radical (unpaired) electrons. The molecule has 0 aliphatic rings. The number of thioether (sulfide) groups is 1. The molecule has 1 amide bonds. The van der Waals surface area contributed by atoms with Crippen molar-refractivity contribution in [1.29, 1.82) is 5.26 Å². The van der Waals surface area contributed by atoms with Crippen molar-refractivity contribution in [1.82, 2.24) is 5.32 Å². The van der Waals surface area contributed by atoms with Crippen molar-refractivity contribution < 1.29 is 24.6 Å². The molecule has 94 valence electrons. The van der Waals surface area contributed by atoms with Crippen LogP contribution in [0.4, 0.5) is 0 Å². The van der Waals surface area contributed by atoms with Crippen LogP contribution in [0.3, 0.4) is 0 Å². The van der Waals surface area contributed by atoms with Crippen molar-refractivity contribution in [2.75, 3.05) is 11.5 Å². The number of rotatable bonds is 7. The van der Waals surface area contributed by atoms with E-state index < -0.39 is 29.8 Å². The van der Waals surface area contributed by atoms with Crippen LogP contribution in [-0.4, -0.2) is 45.6 Å². The number of carbonyl (C=O) groups is 3. The molecule has 0 saturated carbocycles. The van der Waals surface area contributed by atoms with Gasteiger partial charge in [-0.3, -0.25) is 9.59 Å². The second-order valence-corrected chi connectivity index (χ2v) is 4.22. The van der Waals surface area contributed by atoms with E-state index in [1.54, 1.807) is 6.07 Å². The van der Waals surface area contributed by atoms with E-state index in [1.807, 2.05) is 0 Å². The number of nitriles is 1. The zero-order chi connectivity index (χ0) is 13.4. The van der Waals surface area contributed by atoms with Gasteiger partial charge < -0.3 is 15.5 Å². The molecule has 0 spiro atoms. The van der Waals surface area contributed by atoms with E-state index in [2.05, 4.69) is 5.32 Å². The van der Waals surface area contributed by atoms with Crippen LogP contribution in [0.2, 0.25) is 0 Å². The predicted molar refractivity (Wildman–Crippen MR) is 59.3 cm³/mol. The summed E-state index contributed by atoms with van der Waals surface area (Å²) in [6.45, 7) is 1.19. The molecule has 7 nitrogen and oxygen atoms in total.